The van der Waals surface area contributed by atoms with E-state index in [1.54, 1.807) is 4.90 Å². The molecule has 1 aliphatic heterocycles. The highest BCUT2D eigenvalue weighted by molar-refractivity contribution is 5.05. The largest absolute Gasteiger partial charge is 0.294 e. The molecule has 2 atom stereocenters. The molecule has 0 N–H and O–H groups in total. The van der Waals surface area contributed by atoms with Crippen LogP contribution in [0, 0.1) is 5.92 Å². The van der Waals surface area contributed by atoms with Gasteiger partial charge < -0.3 is 0 Å². The number of likely N-dealkylation sites (tertiary alicyclic amines) is 1. The summed E-state index contributed by atoms with van der Waals surface area (Å²) in [5.41, 5.74) is -1.64. The molecule has 0 aromatic heterocycles. The number of rotatable bonds is 4. The van der Waals surface area contributed by atoms with Crippen molar-refractivity contribution >= 4 is 0 Å². The lowest BCUT2D eigenvalue weighted by Gasteiger charge is -2.44. The number of hydrogen-bond acceptors (Lipinski definition) is 1. The summed E-state index contributed by atoms with van der Waals surface area (Å²) in [6, 6.07) is -1.03. The Kier molecular flexibility index (Phi) is 4.28. The maximum absolute atomic E-state index is 14.1. The molecule has 1 nitrogen and oxygen atoms in total. The average Bonchev–Trinajstić information content (AvgIpc) is 2.19. The number of alkyl halides is 3. The average molecular weight is 249 g/mol. The van der Waals surface area contributed by atoms with Crippen molar-refractivity contribution < 1.29 is 13.2 Å². The van der Waals surface area contributed by atoms with E-state index in [4.69, 9.17) is 0 Å². The lowest BCUT2D eigenvalue weighted by molar-refractivity contribution is -0.105. The van der Waals surface area contributed by atoms with Crippen molar-refractivity contribution in [3.8, 4) is 0 Å². The van der Waals surface area contributed by atoms with Gasteiger partial charge in [0.15, 0.2) is 0 Å². The van der Waals surface area contributed by atoms with Crippen LogP contribution in [-0.2, 0) is 0 Å². The molecule has 0 amide bonds. The first-order chi connectivity index (χ1) is 7.68. The third-order valence-electron chi connectivity index (χ3n) is 3.34. The molecule has 0 aromatic carbocycles. The zero-order valence-electron chi connectivity index (χ0n) is 10.8. The van der Waals surface area contributed by atoms with Crippen LogP contribution in [0.5, 0.6) is 0 Å². The number of hydrogen-bond donors (Lipinski definition) is 0. The molecule has 1 fully saturated rings. The summed E-state index contributed by atoms with van der Waals surface area (Å²) in [6.45, 7) is 9.21. The lowest BCUT2D eigenvalue weighted by atomic mass is 9.85. The Morgan fingerprint density at radius 3 is 2.53 bits per heavy atom. The third kappa shape index (κ3) is 3.73. The highest BCUT2D eigenvalue weighted by atomic mass is 19.3. The van der Waals surface area contributed by atoms with Gasteiger partial charge in [-0.1, -0.05) is 26.5 Å². The van der Waals surface area contributed by atoms with Crippen molar-refractivity contribution in [2.75, 3.05) is 13.1 Å². The first-order valence-corrected chi connectivity index (χ1v) is 6.12. The van der Waals surface area contributed by atoms with Crippen LogP contribution in [0.4, 0.5) is 13.2 Å². The van der Waals surface area contributed by atoms with Gasteiger partial charge in [-0.3, -0.25) is 4.90 Å². The molecule has 0 saturated carbocycles. The van der Waals surface area contributed by atoms with Crippen LogP contribution in [0.3, 0.4) is 0 Å². The van der Waals surface area contributed by atoms with E-state index >= 15 is 0 Å². The van der Waals surface area contributed by atoms with E-state index in [-0.39, 0.29) is 12.8 Å². The van der Waals surface area contributed by atoms with Crippen LogP contribution in [-0.4, -0.2) is 35.6 Å². The molecule has 1 rings (SSSR count). The molecule has 1 aliphatic rings. The van der Waals surface area contributed by atoms with E-state index in [0.717, 1.165) is 6.92 Å². The molecule has 4 heteroatoms. The molecular weight excluding hydrogens is 227 g/mol. The highest BCUT2D eigenvalue weighted by Gasteiger charge is 2.47. The number of piperidine rings is 1. The van der Waals surface area contributed by atoms with Crippen molar-refractivity contribution in [1.29, 1.82) is 0 Å². The van der Waals surface area contributed by atoms with E-state index in [2.05, 4.69) is 6.58 Å². The Labute approximate surface area is 102 Å². The minimum atomic E-state index is -2.88. The lowest BCUT2D eigenvalue weighted by Crippen LogP contribution is -2.55. The van der Waals surface area contributed by atoms with E-state index in [9.17, 15) is 13.2 Å². The minimum Gasteiger partial charge on any atom is -0.294 e. The molecule has 0 aromatic rings. The van der Waals surface area contributed by atoms with Gasteiger partial charge in [0.05, 0.1) is 6.04 Å². The van der Waals surface area contributed by atoms with E-state index in [0.29, 0.717) is 19.0 Å². The normalized spacial score (nSPS) is 31.8. The molecule has 0 radical (unpaired) electrons. The molecule has 1 saturated heterocycles. The Morgan fingerprint density at radius 1 is 1.53 bits per heavy atom. The van der Waals surface area contributed by atoms with Crippen LogP contribution in [0.25, 0.3) is 0 Å². The second kappa shape index (κ2) is 5.01. The molecule has 2 unspecified atom stereocenters. The summed E-state index contributed by atoms with van der Waals surface area (Å²) in [7, 11) is 0. The fourth-order valence-electron chi connectivity index (χ4n) is 2.41. The third-order valence-corrected chi connectivity index (χ3v) is 3.34. The van der Waals surface area contributed by atoms with Gasteiger partial charge in [-0.2, -0.15) is 0 Å². The van der Waals surface area contributed by atoms with Crippen LogP contribution in [0.2, 0.25) is 0 Å². The SMILES string of the molecule is C=CC1(F)CCN(CC(C)C)C(C(C)(F)F)C1. The first-order valence-electron chi connectivity index (χ1n) is 6.12. The standard InChI is InChI=1S/C13H22F3N/c1-5-13(16)6-7-17(9-10(2)3)11(8-13)12(4,14)15/h5,10-11H,1,6-9H2,2-4H3. The fourth-order valence-corrected chi connectivity index (χ4v) is 2.41. The Hall–Kier alpha value is -0.510. The Balaban J connectivity index is 2.83. The Bertz CT molecular complexity index is 272. The second-order valence-electron chi connectivity index (χ2n) is 5.55. The molecule has 0 spiro atoms. The van der Waals surface area contributed by atoms with Crippen LogP contribution in [0.1, 0.15) is 33.6 Å². The first kappa shape index (κ1) is 14.6. The van der Waals surface area contributed by atoms with Crippen molar-refractivity contribution in [2.24, 2.45) is 5.92 Å². The van der Waals surface area contributed by atoms with Crippen molar-refractivity contribution in [3.63, 3.8) is 0 Å². The van der Waals surface area contributed by atoms with Gasteiger partial charge in [0.25, 0.3) is 5.92 Å². The van der Waals surface area contributed by atoms with Gasteiger partial charge >= 0.3 is 0 Å². The molecule has 100 valence electrons. The summed E-state index contributed by atoms with van der Waals surface area (Å²) in [5.74, 6) is -2.58. The van der Waals surface area contributed by atoms with Gasteiger partial charge in [-0.05, 0) is 12.3 Å². The van der Waals surface area contributed by atoms with Gasteiger partial charge in [-0.15, -0.1) is 0 Å². The topological polar surface area (TPSA) is 3.24 Å². The van der Waals surface area contributed by atoms with Crippen LogP contribution in [0.15, 0.2) is 12.7 Å². The van der Waals surface area contributed by atoms with Crippen LogP contribution >= 0.6 is 0 Å². The monoisotopic (exact) mass is 249 g/mol. The maximum atomic E-state index is 14.1. The second-order valence-corrected chi connectivity index (χ2v) is 5.55. The van der Waals surface area contributed by atoms with E-state index < -0.39 is 17.6 Å². The van der Waals surface area contributed by atoms with Gasteiger partial charge in [0.1, 0.15) is 5.67 Å². The predicted octanol–water partition coefficient (Wildman–Crippen LogP) is 3.66. The number of nitrogens with zero attached hydrogens (tertiary/aromatic N) is 1. The van der Waals surface area contributed by atoms with E-state index in [1.165, 1.54) is 6.08 Å². The van der Waals surface area contributed by atoms with Crippen molar-refractivity contribution in [1.82, 2.24) is 4.90 Å². The van der Waals surface area contributed by atoms with Crippen molar-refractivity contribution in [3.05, 3.63) is 12.7 Å². The highest BCUT2D eigenvalue weighted by Crippen LogP contribution is 2.38. The molecule has 1 heterocycles. The number of halogens is 3. The van der Waals surface area contributed by atoms with Crippen LogP contribution < -0.4 is 0 Å². The van der Waals surface area contributed by atoms with Gasteiger partial charge in [0, 0.05) is 26.4 Å². The molecule has 17 heavy (non-hydrogen) atoms. The molecule has 0 aliphatic carbocycles. The summed E-state index contributed by atoms with van der Waals surface area (Å²) >= 11 is 0. The predicted molar refractivity (Wildman–Crippen MR) is 64.1 cm³/mol. The van der Waals surface area contributed by atoms with Crippen molar-refractivity contribution in [2.45, 2.75) is 51.2 Å². The minimum absolute atomic E-state index is 0.160. The zero-order chi connectivity index (χ0) is 13.3. The zero-order valence-corrected chi connectivity index (χ0v) is 10.8. The van der Waals surface area contributed by atoms with E-state index in [1.807, 2.05) is 13.8 Å². The quantitative estimate of drug-likeness (QED) is 0.687. The molecular formula is C13H22F3N. The van der Waals surface area contributed by atoms with Gasteiger partial charge in [-0.25, -0.2) is 13.2 Å². The van der Waals surface area contributed by atoms with Gasteiger partial charge in [0.2, 0.25) is 0 Å². The summed E-state index contributed by atoms with van der Waals surface area (Å²) in [4.78, 5) is 1.71. The maximum Gasteiger partial charge on any atom is 0.260 e. The Morgan fingerprint density at radius 2 is 2.12 bits per heavy atom. The summed E-state index contributed by atoms with van der Waals surface area (Å²) in [6.07, 6.45) is 1.28. The summed E-state index contributed by atoms with van der Waals surface area (Å²) < 4.78 is 41.2. The summed E-state index contributed by atoms with van der Waals surface area (Å²) in [5, 5.41) is 0. The fraction of sp³-hybridized carbons (Fsp3) is 0.846. The molecule has 0 bridgehead atoms. The number of allylic oxidation sites excluding steroid dienone is 1. The smallest absolute Gasteiger partial charge is 0.260 e.